The molecule has 1 atom stereocenters. The van der Waals surface area contributed by atoms with Crippen LogP contribution in [0.2, 0.25) is 5.02 Å². The van der Waals surface area contributed by atoms with E-state index in [9.17, 15) is 4.79 Å². The molecular weight excluding hydrogens is 352 g/mol. The Morgan fingerprint density at radius 1 is 1.31 bits per heavy atom. The third-order valence-electron chi connectivity index (χ3n) is 3.93. The minimum Gasteiger partial charge on any atom is -0.424 e. The van der Waals surface area contributed by atoms with Gasteiger partial charge in [-0.2, -0.15) is 0 Å². The number of aryl methyl sites for hydroxylation is 1. The Morgan fingerprint density at radius 2 is 2.08 bits per heavy atom. The van der Waals surface area contributed by atoms with Crippen LogP contribution in [0.3, 0.4) is 0 Å². The van der Waals surface area contributed by atoms with Gasteiger partial charge in [-0.25, -0.2) is 0 Å². The lowest BCUT2D eigenvalue weighted by molar-refractivity contribution is -0.782. The van der Waals surface area contributed by atoms with Gasteiger partial charge in [0.2, 0.25) is 12.1 Å². The molecule has 0 aliphatic rings. The molecule has 0 aliphatic carbocycles. The van der Waals surface area contributed by atoms with Crippen LogP contribution < -0.4 is 10.00 Å². The Hall–Kier alpha value is -2.86. The van der Waals surface area contributed by atoms with Crippen molar-refractivity contribution in [1.82, 2.24) is 5.27 Å². The number of amides is 2. The first-order valence-corrected chi connectivity index (χ1v) is 8.60. The number of rotatable bonds is 5. The molecule has 0 fully saturated rings. The summed E-state index contributed by atoms with van der Waals surface area (Å²) >= 11 is 6.05. The number of urea groups is 1. The SMILES string of the molecule is Cc1ccc(NC(=O)[N-]c2c[n+](C(C)Cc3ccccc3)no2)cc1Cl. The zero-order valence-corrected chi connectivity index (χ0v) is 15.3. The number of nitrogens with zero attached hydrogens (tertiary/aromatic N) is 3. The minimum absolute atomic E-state index is 0.0732. The zero-order valence-electron chi connectivity index (χ0n) is 14.5. The number of carbonyl (C=O) groups is 1. The van der Waals surface area contributed by atoms with Crippen molar-refractivity contribution in [2.45, 2.75) is 26.3 Å². The quantitative estimate of drug-likeness (QED) is 0.645. The highest BCUT2D eigenvalue weighted by atomic mass is 35.5. The summed E-state index contributed by atoms with van der Waals surface area (Å²) in [5.74, 6) is 0.139. The highest BCUT2D eigenvalue weighted by Gasteiger charge is 2.19. The second-order valence-electron chi connectivity index (χ2n) is 6.06. The van der Waals surface area contributed by atoms with Gasteiger partial charge in [0, 0.05) is 18.4 Å². The number of nitrogens with one attached hydrogen (secondary N) is 1. The third kappa shape index (κ3) is 4.61. The Kier molecular flexibility index (Phi) is 5.53. The molecule has 3 aromatic rings. The molecule has 0 saturated carbocycles. The molecule has 1 unspecified atom stereocenters. The number of carbonyl (C=O) groups excluding carboxylic acids is 1. The number of anilines is 1. The Morgan fingerprint density at radius 3 is 2.81 bits per heavy atom. The summed E-state index contributed by atoms with van der Waals surface area (Å²) in [4.78, 5) is 12.0. The zero-order chi connectivity index (χ0) is 18.5. The predicted molar refractivity (Wildman–Crippen MR) is 99.8 cm³/mol. The molecule has 26 heavy (non-hydrogen) atoms. The average molecular weight is 371 g/mol. The fourth-order valence-corrected chi connectivity index (χ4v) is 2.66. The molecule has 2 amide bonds. The lowest BCUT2D eigenvalue weighted by atomic mass is 10.1. The van der Waals surface area contributed by atoms with Crippen molar-refractivity contribution in [2.75, 3.05) is 5.32 Å². The van der Waals surface area contributed by atoms with Crippen molar-refractivity contribution < 1.29 is 14.0 Å². The topological polar surface area (TPSA) is 73.1 Å². The Labute approximate surface area is 156 Å². The van der Waals surface area contributed by atoms with E-state index in [4.69, 9.17) is 16.1 Å². The van der Waals surface area contributed by atoms with Crippen LogP contribution in [0.4, 0.5) is 16.4 Å². The predicted octanol–water partition coefficient (Wildman–Crippen LogP) is 4.96. The molecule has 2 aromatic carbocycles. The monoisotopic (exact) mass is 370 g/mol. The van der Waals surface area contributed by atoms with E-state index >= 15 is 0 Å². The summed E-state index contributed by atoms with van der Waals surface area (Å²) in [6.07, 6.45) is 2.40. The second kappa shape index (κ2) is 8.01. The van der Waals surface area contributed by atoms with Crippen LogP contribution >= 0.6 is 11.6 Å². The van der Waals surface area contributed by atoms with Crippen molar-refractivity contribution >= 4 is 29.2 Å². The van der Waals surface area contributed by atoms with Gasteiger partial charge >= 0.3 is 0 Å². The summed E-state index contributed by atoms with van der Waals surface area (Å²) in [6.45, 7) is 3.91. The van der Waals surface area contributed by atoms with Crippen LogP contribution in [0.25, 0.3) is 5.32 Å². The van der Waals surface area contributed by atoms with E-state index in [1.165, 1.54) is 5.56 Å². The molecule has 0 radical (unpaired) electrons. The van der Waals surface area contributed by atoms with Gasteiger partial charge in [-0.05, 0) is 34.5 Å². The number of benzene rings is 2. The molecule has 1 aromatic heterocycles. The highest BCUT2D eigenvalue weighted by molar-refractivity contribution is 6.31. The van der Waals surface area contributed by atoms with Crippen LogP contribution in [0.15, 0.2) is 59.3 Å². The average Bonchev–Trinajstić information content (AvgIpc) is 3.07. The van der Waals surface area contributed by atoms with Gasteiger partial charge in [-0.15, -0.1) is 0 Å². The summed E-state index contributed by atoms with van der Waals surface area (Å²) in [5.41, 5.74) is 2.70. The lowest BCUT2D eigenvalue weighted by Gasteiger charge is -2.13. The van der Waals surface area contributed by atoms with Crippen molar-refractivity contribution in [1.29, 1.82) is 0 Å². The number of aromatic nitrogens is 2. The van der Waals surface area contributed by atoms with Crippen molar-refractivity contribution in [3.63, 3.8) is 0 Å². The largest absolute Gasteiger partial charge is 0.424 e. The van der Waals surface area contributed by atoms with Gasteiger partial charge in [0.25, 0.3) is 0 Å². The fraction of sp³-hybridized carbons (Fsp3) is 0.211. The van der Waals surface area contributed by atoms with Gasteiger partial charge in [-0.1, -0.05) is 54.1 Å². The molecule has 6 nitrogen and oxygen atoms in total. The summed E-state index contributed by atoms with van der Waals surface area (Å²) in [5, 5.41) is 11.0. The maximum absolute atomic E-state index is 12.0. The van der Waals surface area contributed by atoms with E-state index < -0.39 is 6.03 Å². The van der Waals surface area contributed by atoms with Gasteiger partial charge in [0.05, 0.1) is 0 Å². The van der Waals surface area contributed by atoms with Crippen LogP contribution in [0.1, 0.15) is 24.1 Å². The second-order valence-corrected chi connectivity index (χ2v) is 6.47. The Bertz CT molecular complexity index is 896. The molecular formula is C19H19ClN4O2. The molecule has 0 bridgehead atoms. The maximum Gasteiger partial charge on any atom is 0.241 e. The molecule has 0 saturated heterocycles. The molecule has 0 aliphatic heterocycles. The van der Waals surface area contributed by atoms with Crippen LogP contribution in [-0.4, -0.2) is 11.3 Å². The lowest BCUT2D eigenvalue weighted by Crippen LogP contribution is -2.39. The van der Waals surface area contributed by atoms with E-state index in [-0.39, 0.29) is 11.9 Å². The fourth-order valence-electron chi connectivity index (χ4n) is 2.48. The van der Waals surface area contributed by atoms with Crippen LogP contribution in [0, 0.1) is 6.92 Å². The van der Waals surface area contributed by atoms with E-state index in [0.29, 0.717) is 10.7 Å². The summed E-state index contributed by atoms with van der Waals surface area (Å²) in [6, 6.07) is 14.9. The number of hydrogen-bond acceptors (Lipinski definition) is 3. The highest BCUT2D eigenvalue weighted by Crippen LogP contribution is 2.22. The standard InChI is InChI=1S/C19H19ClN4O2/c1-13-8-9-16(11-17(13)20)21-19(25)22-18-12-24(23-26-18)14(2)10-15-6-4-3-5-7-15/h3-9,11-12,14H,10H2,1-2H3,(H-,21,22,23,25). The maximum atomic E-state index is 12.0. The Balaban J connectivity index is 1.58. The minimum atomic E-state index is -0.552. The van der Waals surface area contributed by atoms with E-state index in [0.717, 1.165) is 12.0 Å². The van der Waals surface area contributed by atoms with E-state index in [1.54, 1.807) is 23.0 Å². The van der Waals surface area contributed by atoms with E-state index in [2.05, 4.69) is 28.0 Å². The molecule has 1 heterocycles. The van der Waals surface area contributed by atoms with Crippen molar-refractivity contribution in [2.24, 2.45) is 0 Å². The first kappa shape index (κ1) is 17.9. The molecule has 1 N–H and O–H groups in total. The van der Waals surface area contributed by atoms with Gasteiger partial charge in [-0.3, -0.25) is 4.79 Å². The van der Waals surface area contributed by atoms with Crippen molar-refractivity contribution in [3.8, 4) is 0 Å². The van der Waals surface area contributed by atoms with Gasteiger partial charge in [0.1, 0.15) is 0 Å². The first-order chi connectivity index (χ1) is 12.5. The van der Waals surface area contributed by atoms with Gasteiger partial charge < -0.3 is 15.2 Å². The number of hydrogen-bond donors (Lipinski definition) is 1. The first-order valence-electron chi connectivity index (χ1n) is 8.22. The van der Waals surface area contributed by atoms with Crippen molar-refractivity contribution in [3.05, 3.63) is 76.2 Å². The summed E-state index contributed by atoms with van der Waals surface area (Å²) < 4.78 is 6.79. The van der Waals surface area contributed by atoms with E-state index in [1.807, 2.05) is 38.1 Å². The van der Waals surface area contributed by atoms with Gasteiger partial charge in [0.15, 0.2) is 17.3 Å². The normalized spacial score (nSPS) is 11.8. The molecule has 7 heteroatoms. The summed E-state index contributed by atoms with van der Waals surface area (Å²) in [7, 11) is 0. The van der Waals surface area contributed by atoms with Crippen LogP contribution in [-0.2, 0) is 6.42 Å². The smallest absolute Gasteiger partial charge is 0.241 e. The molecule has 134 valence electrons. The molecule has 3 rings (SSSR count). The molecule has 0 spiro atoms. The van der Waals surface area contributed by atoms with Crippen LogP contribution in [0.5, 0.6) is 0 Å². The third-order valence-corrected chi connectivity index (χ3v) is 4.34. The number of halogens is 1.